The van der Waals surface area contributed by atoms with Gasteiger partial charge in [-0.1, -0.05) is 6.07 Å². The van der Waals surface area contributed by atoms with Crippen LogP contribution in [0.1, 0.15) is 21.5 Å². The van der Waals surface area contributed by atoms with Crippen LogP contribution >= 0.6 is 15.9 Å². The minimum atomic E-state index is -0.0180. The van der Waals surface area contributed by atoms with Gasteiger partial charge in [0.15, 0.2) is 0 Å². The molecule has 0 atom stereocenters. The van der Waals surface area contributed by atoms with Crippen molar-refractivity contribution >= 4 is 27.5 Å². The van der Waals surface area contributed by atoms with Crippen LogP contribution in [0.3, 0.4) is 0 Å². The highest BCUT2D eigenvalue weighted by atomic mass is 79.9. The lowest BCUT2D eigenvalue weighted by atomic mass is 10.1. The molecule has 0 bridgehead atoms. The zero-order valence-electron chi connectivity index (χ0n) is 11.6. The Morgan fingerprint density at radius 3 is 2.71 bits per heavy atom. The number of nitrogen functional groups attached to an aromatic ring is 1. The number of hydrogen-bond acceptors (Lipinski definition) is 3. The molecule has 1 amide bonds. The van der Waals surface area contributed by atoms with E-state index in [-0.39, 0.29) is 5.91 Å². The van der Waals surface area contributed by atoms with Crippen LogP contribution in [0, 0.1) is 0 Å². The number of amides is 1. The first kappa shape index (κ1) is 13.9. The lowest BCUT2D eigenvalue weighted by Crippen LogP contribution is -2.25. The summed E-state index contributed by atoms with van der Waals surface area (Å²) in [6, 6.07) is 11.2. The molecule has 1 aliphatic rings. The average Bonchev–Trinajstić information content (AvgIpc) is 2.90. The van der Waals surface area contributed by atoms with Gasteiger partial charge in [-0.2, -0.15) is 0 Å². The first-order valence-electron chi connectivity index (χ1n) is 6.58. The number of nitrogens with two attached hydrogens (primary N) is 1. The fourth-order valence-electron chi connectivity index (χ4n) is 2.52. The summed E-state index contributed by atoms with van der Waals surface area (Å²) in [7, 11) is 1.59. The maximum Gasteiger partial charge on any atom is 0.255 e. The molecule has 0 unspecified atom stereocenters. The number of ether oxygens (including phenoxy) is 1. The van der Waals surface area contributed by atoms with Gasteiger partial charge in [-0.15, -0.1) is 0 Å². The Labute approximate surface area is 131 Å². The molecule has 0 saturated carbocycles. The van der Waals surface area contributed by atoms with E-state index in [1.54, 1.807) is 13.2 Å². The zero-order valence-corrected chi connectivity index (χ0v) is 13.2. The van der Waals surface area contributed by atoms with Gasteiger partial charge in [-0.05, 0) is 57.4 Å². The summed E-state index contributed by atoms with van der Waals surface area (Å²) < 4.78 is 5.96. The zero-order chi connectivity index (χ0) is 15.0. The summed E-state index contributed by atoms with van der Waals surface area (Å²) in [4.78, 5) is 14.5. The second-order valence-corrected chi connectivity index (χ2v) is 5.89. The number of fused-ring (bicyclic) bond motifs is 1. The molecule has 0 aliphatic carbocycles. The van der Waals surface area contributed by atoms with Crippen LogP contribution in [-0.2, 0) is 13.1 Å². The van der Waals surface area contributed by atoms with Crippen molar-refractivity contribution in [3.63, 3.8) is 0 Å². The maximum atomic E-state index is 12.7. The lowest BCUT2D eigenvalue weighted by molar-refractivity contribution is 0.0750. The van der Waals surface area contributed by atoms with Gasteiger partial charge in [-0.3, -0.25) is 4.79 Å². The molecule has 4 nitrogen and oxygen atoms in total. The predicted molar refractivity (Wildman–Crippen MR) is 85.1 cm³/mol. The van der Waals surface area contributed by atoms with E-state index in [0.29, 0.717) is 24.4 Å². The van der Waals surface area contributed by atoms with Gasteiger partial charge in [0.2, 0.25) is 0 Å². The van der Waals surface area contributed by atoms with E-state index >= 15 is 0 Å². The van der Waals surface area contributed by atoms with Gasteiger partial charge in [0.1, 0.15) is 5.75 Å². The number of carbonyl (C=O) groups excluding carboxylic acids is 1. The Bertz CT molecular complexity index is 715. The van der Waals surface area contributed by atoms with E-state index < -0.39 is 0 Å². The molecule has 3 rings (SSSR count). The Hall–Kier alpha value is -2.01. The summed E-state index contributed by atoms with van der Waals surface area (Å²) in [6.45, 7) is 1.20. The quantitative estimate of drug-likeness (QED) is 0.849. The van der Waals surface area contributed by atoms with Crippen LogP contribution in [0.2, 0.25) is 0 Å². The van der Waals surface area contributed by atoms with Gasteiger partial charge >= 0.3 is 0 Å². The summed E-state index contributed by atoms with van der Waals surface area (Å²) in [5.41, 5.74) is 9.39. The first-order valence-corrected chi connectivity index (χ1v) is 7.38. The smallest absolute Gasteiger partial charge is 0.255 e. The van der Waals surface area contributed by atoms with Gasteiger partial charge in [0.25, 0.3) is 5.91 Å². The number of methoxy groups -OCH3 is 1. The summed E-state index contributed by atoms with van der Waals surface area (Å²) in [5.74, 6) is 0.651. The number of carbonyl (C=O) groups is 1. The normalized spacial score (nSPS) is 13.1. The topological polar surface area (TPSA) is 55.6 Å². The van der Waals surface area contributed by atoms with Gasteiger partial charge in [0.05, 0.1) is 12.7 Å². The first-order chi connectivity index (χ1) is 10.1. The lowest BCUT2D eigenvalue weighted by Gasteiger charge is -2.17. The number of anilines is 1. The molecule has 5 heteroatoms. The van der Waals surface area contributed by atoms with Crippen molar-refractivity contribution in [2.75, 3.05) is 12.8 Å². The third kappa shape index (κ3) is 2.61. The molecule has 2 aromatic rings. The number of halogens is 1. The fraction of sp³-hybridized carbons (Fsp3) is 0.188. The van der Waals surface area contributed by atoms with E-state index in [0.717, 1.165) is 21.3 Å². The molecule has 0 aromatic heterocycles. The SMILES string of the molecule is COc1ccc(Br)c(C(=O)N2Cc3ccc(N)cc3C2)c1. The Morgan fingerprint density at radius 2 is 1.95 bits per heavy atom. The molecule has 0 radical (unpaired) electrons. The molecular formula is C16H15BrN2O2. The molecule has 1 heterocycles. The van der Waals surface area contributed by atoms with Gasteiger partial charge < -0.3 is 15.4 Å². The summed E-state index contributed by atoms with van der Waals surface area (Å²) in [5, 5.41) is 0. The highest BCUT2D eigenvalue weighted by Gasteiger charge is 2.25. The van der Waals surface area contributed by atoms with Crippen LogP contribution in [0.25, 0.3) is 0 Å². The molecular weight excluding hydrogens is 332 g/mol. The van der Waals surface area contributed by atoms with Crippen molar-refractivity contribution in [3.05, 3.63) is 57.6 Å². The molecule has 1 aliphatic heterocycles. The second kappa shape index (κ2) is 5.41. The van der Waals surface area contributed by atoms with Crippen LogP contribution in [0.5, 0.6) is 5.75 Å². The van der Waals surface area contributed by atoms with Crippen LogP contribution in [-0.4, -0.2) is 17.9 Å². The third-order valence-electron chi connectivity index (χ3n) is 3.64. The molecule has 2 aromatic carbocycles. The largest absolute Gasteiger partial charge is 0.497 e. The van der Waals surface area contributed by atoms with Crippen molar-refractivity contribution in [2.24, 2.45) is 0 Å². The van der Waals surface area contributed by atoms with Crippen molar-refractivity contribution < 1.29 is 9.53 Å². The highest BCUT2D eigenvalue weighted by Crippen LogP contribution is 2.29. The van der Waals surface area contributed by atoms with Crippen molar-refractivity contribution in [1.82, 2.24) is 4.90 Å². The van der Waals surface area contributed by atoms with Crippen molar-refractivity contribution in [1.29, 1.82) is 0 Å². The number of nitrogens with zero attached hydrogens (tertiary/aromatic N) is 1. The Kier molecular flexibility index (Phi) is 3.59. The van der Waals surface area contributed by atoms with Crippen molar-refractivity contribution in [3.8, 4) is 5.75 Å². The van der Waals surface area contributed by atoms with Gasteiger partial charge in [0, 0.05) is 23.2 Å². The average molecular weight is 347 g/mol. The van der Waals surface area contributed by atoms with E-state index in [2.05, 4.69) is 15.9 Å². The summed E-state index contributed by atoms with van der Waals surface area (Å²) >= 11 is 3.43. The second-order valence-electron chi connectivity index (χ2n) is 5.04. The van der Waals surface area contributed by atoms with E-state index in [1.807, 2.05) is 35.2 Å². The third-order valence-corrected chi connectivity index (χ3v) is 4.34. The van der Waals surface area contributed by atoms with Crippen LogP contribution in [0.4, 0.5) is 5.69 Å². The molecule has 2 N–H and O–H groups in total. The predicted octanol–water partition coefficient (Wildman–Crippen LogP) is 3.20. The molecule has 108 valence electrons. The highest BCUT2D eigenvalue weighted by molar-refractivity contribution is 9.10. The standard InChI is InChI=1S/C16H15BrN2O2/c1-21-13-4-5-15(17)14(7-13)16(20)19-8-10-2-3-12(18)6-11(10)9-19/h2-7H,8-9,18H2,1H3. The van der Waals surface area contributed by atoms with E-state index in [4.69, 9.17) is 10.5 Å². The molecule has 0 fully saturated rings. The minimum Gasteiger partial charge on any atom is -0.497 e. The van der Waals surface area contributed by atoms with E-state index in [1.165, 1.54) is 0 Å². The maximum absolute atomic E-state index is 12.7. The monoisotopic (exact) mass is 346 g/mol. The minimum absolute atomic E-state index is 0.0180. The van der Waals surface area contributed by atoms with Gasteiger partial charge in [-0.25, -0.2) is 0 Å². The number of benzene rings is 2. The Balaban J connectivity index is 1.88. The molecule has 21 heavy (non-hydrogen) atoms. The van der Waals surface area contributed by atoms with Crippen LogP contribution in [0.15, 0.2) is 40.9 Å². The summed E-state index contributed by atoms with van der Waals surface area (Å²) in [6.07, 6.45) is 0. The van der Waals surface area contributed by atoms with Crippen LogP contribution < -0.4 is 10.5 Å². The van der Waals surface area contributed by atoms with E-state index in [9.17, 15) is 4.79 Å². The number of rotatable bonds is 2. The molecule has 0 saturated heterocycles. The Morgan fingerprint density at radius 1 is 1.19 bits per heavy atom. The number of hydrogen-bond donors (Lipinski definition) is 1. The molecule has 0 spiro atoms. The fourth-order valence-corrected chi connectivity index (χ4v) is 2.94. The van der Waals surface area contributed by atoms with Crippen molar-refractivity contribution in [2.45, 2.75) is 13.1 Å².